The summed E-state index contributed by atoms with van der Waals surface area (Å²) in [7, 11) is 0. The van der Waals surface area contributed by atoms with Crippen molar-refractivity contribution in [1.29, 1.82) is 0 Å². The third kappa shape index (κ3) is 2.33. The van der Waals surface area contributed by atoms with Gasteiger partial charge in [0.25, 0.3) is 5.56 Å². The third-order valence-corrected chi connectivity index (χ3v) is 4.29. The number of aromatic amines is 1. The molecule has 1 aromatic carbocycles. The van der Waals surface area contributed by atoms with Gasteiger partial charge in [0.2, 0.25) is 0 Å². The van der Waals surface area contributed by atoms with Gasteiger partial charge in [-0.25, -0.2) is 0 Å². The maximum Gasteiger partial charge on any atom is 0.251 e. The summed E-state index contributed by atoms with van der Waals surface area (Å²) in [5.41, 5.74) is 4.27. The Labute approximate surface area is 130 Å². The first-order valence-corrected chi connectivity index (χ1v) is 7.47. The molecule has 0 atom stereocenters. The molecule has 0 saturated carbocycles. The number of benzene rings is 1. The maximum atomic E-state index is 12.0. The van der Waals surface area contributed by atoms with Crippen LogP contribution < -0.4 is 5.56 Å². The van der Waals surface area contributed by atoms with Crippen LogP contribution in [0.3, 0.4) is 0 Å². The molecule has 0 aliphatic rings. The van der Waals surface area contributed by atoms with Crippen molar-refractivity contribution in [3.8, 4) is 0 Å². The number of pyridine rings is 2. The Morgan fingerprint density at radius 3 is 2.50 bits per heavy atom. The monoisotopic (exact) mass is 292 g/mol. The van der Waals surface area contributed by atoms with Crippen LogP contribution in [0.5, 0.6) is 0 Å². The van der Waals surface area contributed by atoms with Crippen molar-refractivity contribution in [3.05, 3.63) is 75.3 Å². The van der Waals surface area contributed by atoms with Crippen LogP contribution in [0.15, 0.2) is 47.3 Å². The van der Waals surface area contributed by atoms with E-state index in [-0.39, 0.29) is 11.0 Å². The second kappa shape index (κ2) is 5.09. The van der Waals surface area contributed by atoms with Crippen LogP contribution in [-0.4, -0.2) is 9.97 Å². The largest absolute Gasteiger partial charge is 0.325 e. The molecule has 3 rings (SSSR count). The lowest BCUT2D eigenvalue weighted by Gasteiger charge is -2.26. The summed E-state index contributed by atoms with van der Waals surface area (Å²) in [6, 6.07) is 14.1. The fraction of sp³-hybridized carbons (Fsp3) is 0.263. The lowest BCUT2D eigenvalue weighted by molar-refractivity contribution is 0.590. The molecule has 0 saturated heterocycles. The Hall–Kier alpha value is -2.42. The van der Waals surface area contributed by atoms with Crippen molar-refractivity contribution in [2.75, 3.05) is 0 Å². The minimum absolute atomic E-state index is 0.0329. The van der Waals surface area contributed by atoms with Crippen LogP contribution in [0.1, 0.15) is 36.4 Å². The van der Waals surface area contributed by atoms with Crippen LogP contribution in [0, 0.1) is 13.8 Å². The molecule has 3 heteroatoms. The lowest BCUT2D eigenvalue weighted by Crippen LogP contribution is -2.27. The Morgan fingerprint density at radius 1 is 1.00 bits per heavy atom. The molecule has 0 bridgehead atoms. The number of fused-ring (bicyclic) bond motifs is 1. The molecule has 0 spiro atoms. The Kier molecular flexibility index (Phi) is 3.36. The fourth-order valence-electron chi connectivity index (χ4n) is 2.96. The summed E-state index contributed by atoms with van der Waals surface area (Å²) in [6.45, 7) is 8.05. The molecule has 22 heavy (non-hydrogen) atoms. The summed E-state index contributed by atoms with van der Waals surface area (Å²) < 4.78 is 0. The number of aromatic nitrogens is 2. The number of aryl methyl sites for hydroxylation is 2. The molecule has 3 nitrogen and oxygen atoms in total. The van der Waals surface area contributed by atoms with Crippen molar-refractivity contribution in [2.45, 2.75) is 33.1 Å². The molecule has 0 fully saturated rings. The molecule has 1 N–H and O–H groups in total. The molecule has 2 aromatic heterocycles. The van der Waals surface area contributed by atoms with E-state index in [1.54, 1.807) is 0 Å². The van der Waals surface area contributed by atoms with Crippen molar-refractivity contribution in [3.63, 3.8) is 0 Å². The number of rotatable bonds is 2. The van der Waals surface area contributed by atoms with Gasteiger partial charge in [0.1, 0.15) is 0 Å². The van der Waals surface area contributed by atoms with Crippen LogP contribution in [0.2, 0.25) is 0 Å². The second-order valence-corrected chi connectivity index (χ2v) is 6.35. The quantitative estimate of drug-likeness (QED) is 0.779. The van der Waals surface area contributed by atoms with E-state index in [1.165, 1.54) is 0 Å². The molecule has 3 aromatic rings. The molecule has 112 valence electrons. The van der Waals surface area contributed by atoms with Crippen molar-refractivity contribution in [2.24, 2.45) is 0 Å². The van der Waals surface area contributed by atoms with Crippen molar-refractivity contribution >= 4 is 10.9 Å². The van der Waals surface area contributed by atoms with Gasteiger partial charge in [0, 0.05) is 22.1 Å². The standard InChI is InChI=1S/C19H20N2O/c1-12-11-13(2)18(22)21-17(12)19(3,4)16-10-9-14-7-5-6-8-15(14)20-16/h5-11H,1-4H3,(H,21,22). The Balaban J connectivity index is 2.19. The van der Waals surface area contributed by atoms with Crippen LogP contribution in [0.25, 0.3) is 10.9 Å². The third-order valence-electron chi connectivity index (χ3n) is 4.29. The first kappa shape index (κ1) is 14.5. The van der Waals surface area contributed by atoms with Gasteiger partial charge in [-0.3, -0.25) is 9.78 Å². The summed E-state index contributed by atoms with van der Waals surface area (Å²) in [6.07, 6.45) is 0. The van der Waals surface area contributed by atoms with Gasteiger partial charge in [-0.1, -0.05) is 24.3 Å². The van der Waals surface area contributed by atoms with E-state index in [1.807, 2.05) is 44.2 Å². The molecular weight excluding hydrogens is 272 g/mol. The zero-order valence-electron chi connectivity index (χ0n) is 13.4. The molecule has 0 aliphatic carbocycles. The molecule has 0 unspecified atom stereocenters. The van der Waals surface area contributed by atoms with E-state index < -0.39 is 0 Å². The Bertz CT molecular complexity index is 907. The number of H-pyrrole nitrogens is 1. The highest BCUT2D eigenvalue weighted by Gasteiger charge is 2.28. The van der Waals surface area contributed by atoms with Crippen LogP contribution in [-0.2, 0) is 5.41 Å². The lowest BCUT2D eigenvalue weighted by atomic mass is 9.82. The minimum atomic E-state index is -0.360. The van der Waals surface area contributed by atoms with Gasteiger partial charge in [0.15, 0.2) is 0 Å². The smallest absolute Gasteiger partial charge is 0.251 e. The molecule has 0 aliphatic heterocycles. The van der Waals surface area contributed by atoms with Gasteiger partial charge >= 0.3 is 0 Å². The number of hydrogen-bond acceptors (Lipinski definition) is 2. The predicted molar refractivity (Wildman–Crippen MR) is 90.4 cm³/mol. The van der Waals surface area contributed by atoms with E-state index in [9.17, 15) is 4.79 Å². The van der Waals surface area contributed by atoms with Gasteiger partial charge < -0.3 is 4.98 Å². The average Bonchev–Trinajstić information content (AvgIpc) is 2.50. The van der Waals surface area contributed by atoms with Crippen molar-refractivity contribution in [1.82, 2.24) is 9.97 Å². The first-order valence-electron chi connectivity index (χ1n) is 7.47. The molecule has 0 radical (unpaired) electrons. The normalized spacial score (nSPS) is 11.8. The van der Waals surface area contributed by atoms with E-state index in [0.29, 0.717) is 0 Å². The SMILES string of the molecule is Cc1cc(C)c(=O)[nH]c1C(C)(C)c1ccc2ccccc2n1. The van der Waals surface area contributed by atoms with Crippen LogP contribution >= 0.6 is 0 Å². The zero-order valence-corrected chi connectivity index (χ0v) is 13.4. The maximum absolute atomic E-state index is 12.0. The van der Waals surface area contributed by atoms with Gasteiger partial charge in [-0.15, -0.1) is 0 Å². The van der Waals surface area contributed by atoms with E-state index in [2.05, 4.69) is 31.0 Å². The average molecular weight is 292 g/mol. The number of para-hydroxylation sites is 1. The summed E-state index contributed by atoms with van der Waals surface area (Å²) >= 11 is 0. The second-order valence-electron chi connectivity index (χ2n) is 6.35. The number of nitrogens with one attached hydrogen (secondary N) is 1. The van der Waals surface area contributed by atoms with E-state index >= 15 is 0 Å². The summed E-state index contributed by atoms with van der Waals surface area (Å²) in [4.78, 5) is 19.8. The fourth-order valence-corrected chi connectivity index (χ4v) is 2.96. The molecule has 0 amide bonds. The topological polar surface area (TPSA) is 45.8 Å². The van der Waals surface area contributed by atoms with Gasteiger partial charge in [-0.05, 0) is 51.5 Å². The highest BCUT2D eigenvalue weighted by molar-refractivity contribution is 5.78. The highest BCUT2D eigenvalue weighted by atomic mass is 16.1. The van der Waals surface area contributed by atoms with Crippen molar-refractivity contribution < 1.29 is 0 Å². The summed E-state index contributed by atoms with van der Waals surface area (Å²) in [5, 5.41) is 1.12. The highest BCUT2D eigenvalue weighted by Crippen LogP contribution is 2.31. The van der Waals surface area contributed by atoms with Gasteiger partial charge in [0.05, 0.1) is 11.2 Å². The number of nitrogens with zero attached hydrogens (tertiary/aromatic N) is 1. The van der Waals surface area contributed by atoms with Crippen LogP contribution in [0.4, 0.5) is 0 Å². The number of hydrogen-bond donors (Lipinski definition) is 1. The Morgan fingerprint density at radius 2 is 1.73 bits per heavy atom. The van der Waals surface area contributed by atoms with E-state index in [0.717, 1.165) is 33.4 Å². The molecular formula is C19H20N2O. The van der Waals surface area contributed by atoms with Gasteiger partial charge in [-0.2, -0.15) is 0 Å². The zero-order chi connectivity index (χ0) is 15.9. The predicted octanol–water partition coefficient (Wildman–Crippen LogP) is 3.87. The summed E-state index contributed by atoms with van der Waals surface area (Å²) in [5.74, 6) is 0. The first-order chi connectivity index (χ1) is 10.4. The molecule has 2 heterocycles. The minimum Gasteiger partial charge on any atom is -0.325 e. The van der Waals surface area contributed by atoms with E-state index in [4.69, 9.17) is 4.98 Å².